The molecule has 0 spiro atoms. The highest BCUT2D eigenvalue weighted by atomic mass is 15.2. The van der Waals surface area contributed by atoms with E-state index in [9.17, 15) is 0 Å². The molecular weight excluding hydrogens is 172 g/mol. The third-order valence-corrected chi connectivity index (χ3v) is 3.07. The maximum absolute atomic E-state index is 3.46. The van der Waals surface area contributed by atoms with Crippen LogP contribution in [0.5, 0.6) is 0 Å². The normalized spacial score (nSPS) is 22.5. The van der Waals surface area contributed by atoms with Crippen LogP contribution >= 0.6 is 0 Å². The van der Waals surface area contributed by atoms with Crippen molar-refractivity contribution >= 4 is 0 Å². The number of hydrogen-bond donors (Lipinski definition) is 1. The van der Waals surface area contributed by atoms with Crippen molar-refractivity contribution in [2.75, 3.05) is 19.6 Å². The van der Waals surface area contributed by atoms with Gasteiger partial charge in [-0.3, -0.25) is 0 Å². The van der Waals surface area contributed by atoms with Crippen molar-refractivity contribution in [3.05, 3.63) is 23.5 Å². The fourth-order valence-corrected chi connectivity index (χ4v) is 2.16. The third kappa shape index (κ3) is 2.11. The Kier molecular flexibility index (Phi) is 3.12. The van der Waals surface area contributed by atoms with Gasteiger partial charge in [-0.15, -0.1) is 0 Å². The molecule has 14 heavy (non-hydrogen) atoms. The van der Waals surface area contributed by atoms with Crippen LogP contribution in [0, 0.1) is 0 Å². The van der Waals surface area contributed by atoms with Crippen LogP contribution in [0.25, 0.3) is 0 Å². The van der Waals surface area contributed by atoms with Crippen LogP contribution in [0.2, 0.25) is 0 Å². The van der Waals surface area contributed by atoms with Crippen molar-refractivity contribution in [1.29, 1.82) is 0 Å². The van der Waals surface area contributed by atoms with Crippen LogP contribution in [0.3, 0.4) is 0 Å². The van der Waals surface area contributed by atoms with Gasteiger partial charge < -0.3 is 10.2 Å². The highest BCUT2D eigenvalue weighted by Crippen LogP contribution is 2.17. The largest absolute Gasteiger partial charge is 0.368 e. The molecule has 2 aliphatic heterocycles. The fourth-order valence-electron chi connectivity index (χ4n) is 2.16. The summed E-state index contributed by atoms with van der Waals surface area (Å²) in [6.07, 6.45) is 9.86. The van der Waals surface area contributed by atoms with E-state index in [2.05, 4.69) is 29.3 Å². The van der Waals surface area contributed by atoms with Gasteiger partial charge in [-0.2, -0.15) is 0 Å². The molecule has 0 aromatic heterocycles. The van der Waals surface area contributed by atoms with Crippen LogP contribution < -0.4 is 5.32 Å². The Morgan fingerprint density at radius 1 is 1.29 bits per heavy atom. The van der Waals surface area contributed by atoms with Crippen LogP contribution in [-0.4, -0.2) is 24.5 Å². The molecule has 0 amide bonds. The summed E-state index contributed by atoms with van der Waals surface area (Å²) in [7, 11) is 0. The minimum Gasteiger partial charge on any atom is -0.368 e. The van der Waals surface area contributed by atoms with Crippen LogP contribution in [-0.2, 0) is 0 Å². The summed E-state index contributed by atoms with van der Waals surface area (Å²) < 4.78 is 0. The van der Waals surface area contributed by atoms with Crippen LogP contribution in [0.1, 0.15) is 32.6 Å². The molecule has 1 N–H and O–H groups in total. The van der Waals surface area contributed by atoms with Gasteiger partial charge in [0, 0.05) is 19.6 Å². The Bertz CT molecular complexity index is 247. The van der Waals surface area contributed by atoms with E-state index in [4.69, 9.17) is 0 Å². The van der Waals surface area contributed by atoms with E-state index >= 15 is 0 Å². The molecule has 1 saturated heterocycles. The second kappa shape index (κ2) is 4.54. The lowest BCUT2D eigenvalue weighted by molar-refractivity contribution is 0.268. The van der Waals surface area contributed by atoms with E-state index in [0.717, 1.165) is 13.0 Å². The molecule has 0 aromatic carbocycles. The van der Waals surface area contributed by atoms with E-state index in [1.165, 1.54) is 43.7 Å². The Labute approximate surface area is 86.7 Å². The summed E-state index contributed by atoms with van der Waals surface area (Å²) in [6, 6.07) is 0. The number of piperidine rings is 1. The standard InChI is InChI=1S/C12H20N2/c1-2-11-6-7-13-12(10-11)14-8-4-3-5-9-14/h6,10,13H,2-5,7-9H2,1H3. The van der Waals surface area contributed by atoms with Gasteiger partial charge in [0.15, 0.2) is 0 Å². The van der Waals surface area contributed by atoms with Crippen LogP contribution in [0.15, 0.2) is 23.5 Å². The number of likely N-dealkylation sites (tertiary alicyclic amines) is 1. The van der Waals surface area contributed by atoms with Crippen molar-refractivity contribution in [2.45, 2.75) is 32.6 Å². The quantitative estimate of drug-likeness (QED) is 0.722. The molecule has 78 valence electrons. The summed E-state index contributed by atoms with van der Waals surface area (Å²) in [4.78, 5) is 2.49. The average Bonchev–Trinajstić information content (AvgIpc) is 2.30. The Hall–Kier alpha value is -0.920. The molecule has 0 aromatic rings. The molecule has 0 unspecified atom stereocenters. The Morgan fingerprint density at radius 2 is 2.07 bits per heavy atom. The van der Waals surface area contributed by atoms with E-state index in [1.54, 1.807) is 0 Å². The molecule has 2 heteroatoms. The van der Waals surface area contributed by atoms with Gasteiger partial charge in [0.25, 0.3) is 0 Å². The van der Waals surface area contributed by atoms with E-state index in [-0.39, 0.29) is 0 Å². The van der Waals surface area contributed by atoms with Crippen molar-refractivity contribution in [1.82, 2.24) is 10.2 Å². The van der Waals surface area contributed by atoms with Crippen molar-refractivity contribution in [3.8, 4) is 0 Å². The first-order valence-corrected chi connectivity index (χ1v) is 5.79. The lowest BCUT2D eigenvalue weighted by Gasteiger charge is -2.32. The summed E-state index contributed by atoms with van der Waals surface area (Å²) in [5.74, 6) is 1.35. The van der Waals surface area contributed by atoms with Crippen LogP contribution in [0.4, 0.5) is 0 Å². The monoisotopic (exact) mass is 192 g/mol. The third-order valence-electron chi connectivity index (χ3n) is 3.07. The van der Waals surface area contributed by atoms with Crippen molar-refractivity contribution < 1.29 is 0 Å². The molecule has 0 aliphatic carbocycles. The van der Waals surface area contributed by atoms with Gasteiger partial charge in [-0.05, 0) is 37.3 Å². The molecule has 0 atom stereocenters. The first kappa shape index (κ1) is 9.63. The maximum atomic E-state index is 3.46. The van der Waals surface area contributed by atoms with E-state index in [1.807, 2.05) is 0 Å². The zero-order valence-corrected chi connectivity index (χ0v) is 9.05. The molecule has 2 rings (SSSR count). The lowest BCUT2D eigenvalue weighted by Crippen LogP contribution is -2.37. The smallest absolute Gasteiger partial charge is 0.102 e. The minimum absolute atomic E-state index is 1.01. The molecule has 1 fully saturated rings. The Balaban J connectivity index is 2.02. The van der Waals surface area contributed by atoms with Crippen molar-refractivity contribution in [2.24, 2.45) is 0 Å². The maximum Gasteiger partial charge on any atom is 0.102 e. The molecule has 0 bridgehead atoms. The highest BCUT2D eigenvalue weighted by Gasteiger charge is 2.14. The molecule has 0 saturated carbocycles. The first-order valence-electron chi connectivity index (χ1n) is 5.79. The van der Waals surface area contributed by atoms with Gasteiger partial charge in [0.05, 0.1) is 0 Å². The highest BCUT2D eigenvalue weighted by molar-refractivity contribution is 5.26. The number of rotatable bonds is 2. The molecule has 0 radical (unpaired) electrons. The summed E-state index contributed by atoms with van der Waals surface area (Å²) in [5.41, 5.74) is 1.48. The first-order chi connectivity index (χ1) is 6.90. The summed E-state index contributed by atoms with van der Waals surface area (Å²) >= 11 is 0. The minimum atomic E-state index is 1.01. The number of hydrogen-bond acceptors (Lipinski definition) is 2. The lowest BCUT2D eigenvalue weighted by atomic mass is 10.1. The Morgan fingerprint density at radius 3 is 2.79 bits per heavy atom. The van der Waals surface area contributed by atoms with E-state index < -0.39 is 0 Å². The van der Waals surface area contributed by atoms with Gasteiger partial charge in [0.2, 0.25) is 0 Å². The molecule has 2 aliphatic rings. The topological polar surface area (TPSA) is 15.3 Å². The molecule has 2 nitrogen and oxygen atoms in total. The van der Waals surface area contributed by atoms with Gasteiger partial charge >= 0.3 is 0 Å². The predicted octanol–water partition coefficient (Wildman–Crippen LogP) is 2.25. The second-order valence-corrected chi connectivity index (χ2v) is 4.09. The molecular formula is C12H20N2. The van der Waals surface area contributed by atoms with Crippen molar-refractivity contribution in [3.63, 3.8) is 0 Å². The number of dihydropyridines is 1. The zero-order valence-electron chi connectivity index (χ0n) is 9.05. The number of allylic oxidation sites excluding steroid dienone is 2. The molecule has 2 heterocycles. The number of nitrogens with one attached hydrogen (secondary N) is 1. The van der Waals surface area contributed by atoms with E-state index in [0.29, 0.717) is 0 Å². The average molecular weight is 192 g/mol. The number of nitrogens with zero attached hydrogens (tertiary/aromatic N) is 1. The summed E-state index contributed by atoms with van der Waals surface area (Å²) in [6.45, 7) is 5.69. The predicted molar refractivity (Wildman–Crippen MR) is 59.9 cm³/mol. The fraction of sp³-hybridized carbons (Fsp3) is 0.667. The van der Waals surface area contributed by atoms with Gasteiger partial charge in [-0.1, -0.05) is 13.0 Å². The summed E-state index contributed by atoms with van der Waals surface area (Å²) in [5, 5.41) is 3.46. The second-order valence-electron chi connectivity index (χ2n) is 4.09. The van der Waals surface area contributed by atoms with Gasteiger partial charge in [0.1, 0.15) is 5.82 Å². The van der Waals surface area contributed by atoms with Gasteiger partial charge in [-0.25, -0.2) is 0 Å². The SMILES string of the molecule is CCC1=CCNC(N2CCCCC2)=C1. The zero-order chi connectivity index (χ0) is 9.80.